The first-order chi connectivity index (χ1) is 11.2. The van der Waals surface area contributed by atoms with E-state index >= 15 is 0 Å². The molecule has 0 unspecified atom stereocenters. The lowest BCUT2D eigenvalue weighted by Gasteiger charge is -2.16. The number of halogens is 3. The van der Waals surface area contributed by atoms with Crippen LogP contribution in [0.15, 0.2) is 12.1 Å². The number of amides is 2. The lowest BCUT2D eigenvalue weighted by atomic mass is 10.2. The Morgan fingerprint density at radius 2 is 1.71 bits per heavy atom. The molecule has 1 rings (SSSR count). The number of nitrogens with one attached hydrogen (secondary N) is 2. The van der Waals surface area contributed by atoms with Crippen molar-refractivity contribution in [2.45, 2.75) is 0 Å². The third kappa shape index (κ3) is 5.88. The number of nitrogens with zero attached hydrogens (tertiary/aromatic N) is 1. The Morgan fingerprint density at radius 3 is 2.33 bits per heavy atom. The first-order valence-corrected chi connectivity index (χ1v) is 6.70. The Labute approximate surface area is 135 Å². The van der Waals surface area contributed by atoms with Crippen LogP contribution in [0.5, 0.6) is 0 Å². The van der Waals surface area contributed by atoms with E-state index < -0.39 is 40.9 Å². The van der Waals surface area contributed by atoms with Gasteiger partial charge in [0.1, 0.15) is 6.54 Å². The highest BCUT2D eigenvalue weighted by Gasteiger charge is 2.17. The summed E-state index contributed by atoms with van der Waals surface area (Å²) in [6.45, 7) is -0.843. The van der Waals surface area contributed by atoms with Crippen LogP contribution in [0.4, 0.5) is 18.9 Å². The molecule has 2 N–H and O–H groups in total. The molecule has 132 valence electrons. The largest absolute Gasteiger partial charge is 0.468 e. The van der Waals surface area contributed by atoms with Crippen molar-refractivity contribution in [2.24, 2.45) is 0 Å². The molecule has 0 saturated heterocycles. The van der Waals surface area contributed by atoms with Gasteiger partial charge in [0, 0.05) is 0 Å². The monoisotopic (exact) mass is 347 g/mol. The van der Waals surface area contributed by atoms with Gasteiger partial charge in [0.25, 0.3) is 0 Å². The Hall–Kier alpha value is -2.62. The fraction of sp³-hybridized carbons (Fsp3) is 0.357. The molecule has 0 heterocycles. The van der Waals surface area contributed by atoms with Gasteiger partial charge < -0.3 is 15.4 Å². The minimum absolute atomic E-state index is 0.218. The summed E-state index contributed by atoms with van der Waals surface area (Å²) < 4.78 is 43.6. The summed E-state index contributed by atoms with van der Waals surface area (Å²) in [4.78, 5) is 35.4. The molecule has 0 fully saturated rings. The summed E-state index contributed by atoms with van der Waals surface area (Å²) >= 11 is 0. The first-order valence-electron chi connectivity index (χ1n) is 6.70. The minimum Gasteiger partial charge on any atom is -0.468 e. The van der Waals surface area contributed by atoms with Crippen LogP contribution in [0.3, 0.4) is 0 Å². The third-order valence-corrected chi connectivity index (χ3v) is 2.79. The van der Waals surface area contributed by atoms with Crippen LogP contribution < -0.4 is 10.6 Å². The van der Waals surface area contributed by atoms with E-state index in [0.29, 0.717) is 6.07 Å². The summed E-state index contributed by atoms with van der Waals surface area (Å²) in [5.74, 6) is -6.47. The molecule has 0 atom stereocenters. The highest BCUT2D eigenvalue weighted by Crippen LogP contribution is 2.19. The highest BCUT2D eigenvalue weighted by molar-refractivity contribution is 5.92. The number of methoxy groups -OCH3 is 1. The molecule has 0 aromatic heterocycles. The Morgan fingerprint density at radius 1 is 1.08 bits per heavy atom. The van der Waals surface area contributed by atoms with Crippen molar-refractivity contribution in [3.63, 3.8) is 0 Å². The van der Waals surface area contributed by atoms with E-state index in [1.165, 1.54) is 19.1 Å². The summed E-state index contributed by atoms with van der Waals surface area (Å²) in [5, 5.41) is 4.35. The fourth-order valence-corrected chi connectivity index (χ4v) is 1.66. The summed E-state index contributed by atoms with van der Waals surface area (Å²) in [6, 6.07) is 1.56. The zero-order valence-corrected chi connectivity index (χ0v) is 13.0. The number of benzene rings is 1. The van der Waals surface area contributed by atoms with Gasteiger partial charge in [-0.2, -0.15) is 0 Å². The molecule has 0 aliphatic heterocycles. The lowest BCUT2D eigenvalue weighted by Crippen LogP contribution is -2.40. The highest BCUT2D eigenvalue weighted by atomic mass is 19.2. The maximum atomic E-state index is 13.4. The molecule has 0 aliphatic rings. The quantitative estimate of drug-likeness (QED) is 0.546. The molecule has 0 radical (unpaired) electrons. The van der Waals surface area contributed by atoms with Gasteiger partial charge in [0.2, 0.25) is 11.8 Å². The van der Waals surface area contributed by atoms with Crippen LogP contribution in [0, 0.1) is 17.5 Å². The zero-order chi connectivity index (χ0) is 18.3. The smallest absolute Gasteiger partial charge is 0.325 e. The Kier molecular flexibility index (Phi) is 7.18. The molecule has 1 aromatic rings. The summed E-state index contributed by atoms with van der Waals surface area (Å²) in [5.41, 5.74) is -0.512. The lowest BCUT2D eigenvalue weighted by molar-refractivity contribution is -0.141. The van der Waals surface area contributed by atoms with E-state index in [-0.39, 0.29) is 19.6 Å². The fourth-order valence-electron chi connectivity index (χ4n) is 1.66. The van der Waals surface area contributed by atoms with E-state index in [4.69, 9.17) is 0 Å². The average Bonchev–Trinajstić information content (AvgIpc) is 2.52. The van der Waals surface area contributed by atoms with Crippen LogP contribution in [-0.2, 0) is 19.1 Å². The number of carbonyl (C=O) groups is 3. The average molecular weight is 347 g/mol. The third-order valence-electron chi connectivity index (χ3n) is 2.79. The first kappa shape index (κ1) is 19.4. The number of rotatable bonds is 7. The molecule has 24 heavy (non-hydrogen) atoms. The molecule has 1 aromatic carbocycles. The molecule has 7 nitrogen and oxygen atoms in total. The molecule has 0 spiro atoms. The van der Waals surface area contributed by atoms with Crippen molar-refractivity contribution < 1.29 is 32.3 Å². The van der Waals surface area contributed by atoms with E-state index in [1.807, 2.05) is 0 Å². The minimum atomic E-state index is -1.69. The van der Waals surface area contributed by atoms with E-state index in [1.54, 1.807) is 0 Å². The molecular formula is C14H16F3N3O4. The second-order valence-electron chi connectivity index (χ2n) is 4.80. The zero-order valence-electron chi connectivity index (χ0n) is 13.0. The summed E-state index contributed by atoms with van der Waals surface area (Å²) in [6.07, 6.45) is 0. The molecule has 2 amide bonds. The van der Waals surface area contributed by atoms with E-state index in [0.717, 1.165) is 6.07 Å². The van der Waals surface area contributed by atoms with Gasteiger partial charge in [-0.3, -0.25) is 19.3 Å². The molecule has 0 aliphatic carbocycles. The molecular weight excluding hydrogens is 331 g/mol. The van der Waals surface area contributed by atoms with Crippen LogP contribution in [-0.4, -0.2) is 56.5 Å². The number of likely N-dealkylation sites (N-methyl/N-ethyl adjacent to an activating group) is 1. The van der Waals surface area contributed by atoms with E-state index in [9.17, 15) is 27.6 Å². The van der Waals surface area contributed by atoms with Gasteiger partial charge >= 0.3 is 5.97 Å². The van der Waals surface area contributed by atoms with Crippen molar-refractivity contribution in [3.8, 4) is 0 Å². The summed E-state index contributed by atoms with van der Waals surface area (Å²) in [7, 11) is 2.60. The molecule has 0 saturated carbocycles. The Balaban J connectivity index is 2.49. The van der Waals surface area contributed by atoms with Crippen LogP contribution in [0.25, 0.3) is 0 Å². The topological polar surface area (TPSA) is 87.7 Å². The van der Waals surface area contributed by atoms with Crippen molar-refractivity contribution in [1.29, 1.82) is 0 Å². The van der Waals surface area contributed by atoms with Crippen molar-refractivity contribution >= 4 is 23.5 Å². The number of anilines is 1. The van der Waals surface area contributed by atoms with Gasteiger partial charge in [0.05, 0.1) is 25.9 Å². The maximum absolute atomic E-state index is 13.4. The van der Waals surface area contributed by atoms with Gasteiger partial charge in [0.15, 0.2) is 17.5 Å². The normalized spacial score (nSPS) is 10.4. The number of hydrogen-bond donors (Lipinski definition) is 2. The Bertz CT molecular complexity index is 640. The number of ether oxygens (including phenoxy) is 1. The number of hydrogen-bond acceptors (Lipinski definition) is 5. The van der Waals surface area contributed by atoms with Crippen LogP contribution in [0.2, 0.25) is 0 Å². The van der Waals surface area contributed by atoms with Gasteiger partial charge in [-0.15, -0.1) is 0 Å². The standard InChI is InChI=1S/C14H16F3N3O4/c1-20(6-10(21)18-5-12(23)24-2)7-11(22)19-9-4-3-8(15)13(16)14(9)17/h3-4H,5-7H2,1-2H3,(H,18,21)(H,19,22). The van der Waals surface area contributed by atoms with Crippen molar-refractivity contribution in [3.05, 3.63) is 29.6 Å². The SMILES string of the molecule is COC(=O)CNC(=O)CN(C)CC(=O)Nc1ccc(F)c(F)c1F. The predicted octanol–water partition coefficient (Wildman–Crippen LogP) is 0.263. The van der Waals surface area contributed by atoms with E-state index in [2.05, 4.69) is 15.4 Å². The molecule has 0 bridgehead atoms. The van der Waals surface area contributed by atoms with Gasteiger partial charge in [-0.1, -0.05) is 0 Å². The number of esters is 1. The predicted molar refractivity (Wildman–Crippen MR) is 77.5 cm³/mol. The van der Waals surface area contributed by atoms with Gasteiger partial charge in [-0.05, 0) is 19.2 Å². The second kappa shape index (κ2) is 8.87. The van der Waals surface area contributed by atoms with Crippen molar-refractivity contribution in [1.82, 2.24) is 10.2 Å². The maximum Gasteiger partial charge on any atom is 0.325 e. The van der Waals surface area contributed by atoms with Gasteiger partial charge in [-0.25, -0.2) is 13.2 Å². The van der Waals surface area contributed by atoms with Crippen LogP contribution >= 0.6 is 0 Å². The second-order valence-corrected chi connectivity index (χ2v) is 4.80. The molecule has 10 heteroatoms. The number of carbonyl (C=O) groups excluding carboxylic acids is 3. The van der Waals surface area contributed by atoms with Crippen LogP contribution in [0.1, 0.15) is 0 Å². The van der Waals surface area contributed by atoms with Crippen molar-refractivity contribution in [2.75, 3.05) is 39.1 Å².